The Morgan fingerprint density at radius 3 is 1.27 bits per heavy atom. The summed E-state index contributed by atoms with van der Waals surface area (Å²) in [5.41, 5.74) is 0. The summed E-state index contributed by atoms with van der Waals surface area (Å²) in [6.45, 7) is 5.86. The summed E-state index contributed by atoms with van der Waals surface area (Å²) in [5, 5.41) is 65.4. The highest BCUT2D eigenvalue weighted by molar-refractivity contribution is 5.69. The van der Waals surface area contributed by atoms with Crippen LogP contribution >= 0.6 is 0 Å². The summed E-state index contributed by atoms with van der Waals surface area (Å²) < 4.78 is 40.8. The number of carbonyl (C=O) groups excluding carboxylic acids is 2. The van der Waals surface area contributed by atoms with Gasteiger partial charge in [0.25, 0.3) is 0 Å². The number of aliphatic hydroxyl groups excluding tert-OH is 6. The monoisotopic (exact) mass is 1070 g/mol. The molecule has 0 aromatic heterocycles. The Hall–Kier alpha value is -1.50. The van der Waals surface area contributed by atoms with E-state index >= 15 is 0 Å². The second-order valence-corrected chi connectivity index (χ2v) is 22.0. The van der Waals surface area contributed by atoms with Crippen LogP contribution in [0.1, 0.15) is 271 Å². The molecule has 2 rings (SSSR count). The molecule has 2 aliphatic heterocycles. The summed E-state index contributed by atoms with van der Waals surface area (Å²) >= 11 is 0. The number of unbranched alkanes of at least 4 members (excludes halogenated alkanes) is 34. The first kappa shape index (κ1) is 69.6. The van der Waals surface area contributed by atoms with Crippen molar-refractivity contribution < 1.29 is 73.4 Å². The van der Waals surface area contributed by atoms with Crippen LogP contribution in [0.15, 0.2) is 0 Å². The molecule has 0 aromatic carbocycles. The number of carbonyl (C=O) groups is 2. The van der Waals surface area contributed by atoms with Gasteiger partial charge in [-0.3, -0.25) is 9.59 Å². The van der Waals surface area contributed by atoms with Crippen molar-refractivity contribution in [2.75, 3.05) is 33.0 Å². The van der Waals surface area contributed by atoms with E-state index in [1.807, 2.05) is 0 Å². The van der Waals surface area contributed by atoms with Crippen LogP contribution in [0.5, 0.6) is 0 Å². The van der Waals surface area contributed by atoms with Crippen LogP contribution in [0, 0.1) is 0 Å². The lowest BCUT2D eigenvalue weighted by Crippen LogP contribution is -2.65. The second-order valence-electron chi connectivity index (χ2n) is 22.0. The standard InChI is InChI=1S/C60H114O15/c1-4-7-10-13-16-19-22-25-28-31-34-37-40-43-69-45-48(72-52(63)42-39-36-33-30-27-24-21-18-15-12-9-6-3)46-71-59-57(68)58(54(65)49(44-61)73-59)75-60-56(67)55(66)53(64)50(74-60)47-70-51(62)41-38-35-32-29-26-23-20-17-14-11-8-5-2/h48-50,53-61,64-68H,4-47H2,1-3H3. The van der Waals surface area contributed by atoms with Gasteiger partial charge in [0.05, 0.1) is 19.8 Å². The Bertz CT molecular complexity index is 1310. The van der Waals surface area contributed by atoms with Gasteiger partial charge in [0, 0.05) is 19.4 Å². The van der Waals surface area contributed by atoms with Gasteiger partial charge < -0.3 is 63.8 Å². The van der Waals surface area contributed by atoms with Gasteiger partial charge in [-0.1, -0.05) is 239 Å². The van der Waals surface area contributed by atoms with E-state index in [1.54, 1.807) is 0 Å². The fourth-order valence-corrected chi connectivity index (χ4v) is 10.1. The van der Waals surface area contributed by atoms with Crippen LogP contribution in [0.4, 0.5) is 0 Å². The van der Waals surface area contributed by atoms with Gasteiger partial charge in [0.1, 0.15) is 61.5 Å². The highest BCUT2D eigenvalue weighted by Gasteiger charge is 2.51. The van der Waals surface area contributed by atoms with Gasteiger partial charge in [-0.25, -0.2) is 0 Å². The number of aliphatic hydroxyl groups is 6. The molecule has 0 amide bonds. The first-order valence-electron chi connectivity index (χ1n) is 31.1. The van der Waals surface area contributed by atoms with Crippen molar-refractivity contribution in [3.63, 3.8) is 0 Å². The van der Waals surface area contributed by atoms with Crippen molar-refractivity contribution in [1.29, 1.82) is 0 Å². The highest BCUT2D eigenvalue weighted by atomic mass is 16.7. The molecule has 0 spiro atoms. The molecular weight excluding hydrogens is 961 g/mol. The van der Waals surface area contributed by atoms with Crippen LogP contribution < -0.4 is 0 Å². The van der Waals surface area contributed by atoms with E-state index in [2.05, 4.69) is 20.8 Å². The minimum atomic E-state index is -1.83. The first-order valence-corrected chi connectivity index (χ1v) is 31.1. The largest absolute Gasteiger partial charge is 0.463 e. The molecule has 0 aliphatic carbocycles. The topological polar surface area (TPSA) is 220 Å². The van der Waals surface area contributed by atoms with E-state index in [0.717, 1.165) is 57.8 Å². The van der Waals surface area contributed by atoms with E-state index in [1.165, 1.54) is 167 Å². The van der Waals surface area contributed by atoms with E-state index in [0.29, 0.717) is 19.4 Å². The van der Waals surface area contributed by atoms with Crippen LogP contribution in [-0.2, 0) is 42.7 Å². The zero-order valence-corrected chi connectivity index (χ0v) is 47.8. The van der Waals surface area contributed by atoms with Gasteiger partial charge in [0.15, 0.2) is 12.6 Å². The Morgan fingerprint density at radius 2 is 0.827 bits per heavy atom. The SMILES string of the molecule is CCCCCCCCCCCCCCCOCC(COC1OC(CO)C(O)C(OC2OC(COC(=O)CCCCCCCCCCCCCC)C(O)C(O)C2O)C1O)OC(=O)CCCCCCCCCCCCCC. The highest BCUT2D eigenvalue weighted by Crippen LogP contribution is 2.30. The summed E-state index contributed by atoms with van der Waals surface area (Å²) in [6, 6.07) is 0. The van der Waals surface area contributed by atoms with Crippen molar-refractivity contribution in [2.24, 2.45) is 0 Å². The van der Waals surface area contributed by atoms with Gasteiger partial charge in [0.2, 0.25) is 0 Å². The van der Waals surface area contributed by atoms with Crippen LogP contribution in [0.3, 0.4) is 0 Å². The predicted octanol–water partition coefficient (Wildman–Crippen LogP) is 11.4. The summed E-state index contributed by atoms with van der Waals surface area (Å²) in [5.74, 6) is -0.876. The minimum absolute atomic E-state index is 0.0465. The van der Waals surface area contributed by atoms with Crippen LogP contribution in [-0.4, -0.2) is 143 Å². The predicted molar refractivity (Wildman–Crippen MR) is 294 cm³/mol. The zero-order valence-electron chi connectivity index (χ0n) is 47.8. The maximum atomic E-state index is 13.1. The van der Waals surface area contributed by atoms with Gasteiger partial charge >= 0.3 is 11.9 Å². The molecular formula is C60H114O15. The van der Waals surface area contributed by atoms with Crippen molar-refractivity contribution in [1.82, 2.24) is 0 Å². The molecule has 2 saturated heterocycles. The molecule has 0 saturated carbocycles. The Balaban J connectivity index is 1.89. The molecule has 11 atom stereocenters. The minimum Gasteiger partial charge on any atom is -0.463 e. The van der Waals surface area contributed by atoms with Crippen molar-refractivity contribution in [2.45, 2.75) is 339 Å². The average Bonchev–Trinajstić information content (AvgIpc) is 3.40. The smallest absolute Gasteiger partial charge is 0.306 e. The average molecular weight is 1080 g/mol. The van der Waals surface area contributed by atoms with Gasteiger partial charge in [-0.05, 0) is 19.3 Å². The molecule has 0 aromatic rings. The lowest BCUT2D eigenvalue weighted by molar-refractivity contribution is -0.361. The molecule has 0 bridgehead atoms. The third-order valence-electron chi connectivity index (χ3n) is 15.1. The Morgan fingerprint density at radius 1 is 0.427 bits per heavy atom. The lowest BCUT2D eigenvalue weighted by atomic mass is 9.97. The Kier molecular flexibility index (Phi) is 43.9. The molecule has 15 heteroatoms. The number of rotatable bonds is 51. The zero-order chi connectivity index (χ0) is 54.6. The molecule has 15 nitrogen and oxygen atoms in total. The van der Waals surface area contributed by atoms with Crippen molar-refractivity contribution >= 4 is 11.9 Å². The fraction of sp³-hybridized carbons (Fsp3) is 0.967. The number of ether oxygens (including phenoxy) is 7. The molecule has 6 N–H and O–H groups in total. The Labute approximate surface area is 455 Å². The molecule has 444 valence electrons. The van der Waals surface area contributed by atoms with Crippen molar-refractivity contribution in [3.05, 3.63) is 0 Å². The van der Waals surface area contributed by atoms with Crippen LogP contribution in [0.25, 0.3) is 0 Å². The van der Waals surface area contributed by atoms with Gasteiger partial charge in [-0.2, -0.15) is 0 Å². The van der Waals surface area contributed by atoms with Gasteiger partial charge in [-0.15, -0.1) is 0 Å². The molecule has 2 fully saturated rings. The van der Waals surface area contributed by atoms with E-state index < -0.39 is 86.7 Å². The van der Waals surface area contributed by atoms with E-state index in [-0.39, 0.29) is 32.0 Å². The number of hydrogen-bond acceptors (Lipinski definition) is 15. The maximum absolute atomic E-state index is 13.1. The third kappa shape index (κ3) is 33.6. The summed E-state index contributed by atoms with van der Waals surface area (Å²) in [6.07, 6.45) is 27.6. The maximum Gasteiger partial charge on any atom is 0.306 e. The van der Waals surface area contributed by atoms with E-state index in [9.17, 15) is 40.2 Å². The normalized spacial score (nSPS) is 24.4. The summed E-state index contributed by atoms with van der Waals surface area (Å²) in [4.78, 5) is 25.8. The van der Waals surface area contributed by atoms with E-state index in [4.69, 9.17) is 33.2 Å². The summed E-state index contributed by atoms with van der Waals surface area (Å²) in [7, 11) is 0. The molecule has 2 aliphatic rings. The number of hydrogen-bond donors (Lipinski definition) is 6. The first-order chi connectivity index (χ1) is 36.6. The molecule has 11 unspecified atom stereocenters. The quantitative estimate of drug-likeness (QED) is 0.0246. The van der Waals surface area contributed by atoms with Crippen LogP contribution in [0.2, 0.25) is 0 Å². The number of esters is 2. The second kappa shape index (κ2) is 47.3. The molecule has 2 heterocycles. The molecule has 0 radical (unpaired) electrons. The molecule has 75 heavy (non-hydrogen) atoms. The third-order valence-corrected chi connectivity index (χ3v) is 15.1. The van der Waals surface area contributed by atoms with Crippen molar-refractivity contribution in [3.8, 4) is 0 Å². The lowest BCUT2D eigenvalue weighted by Gasteiger charge is -2.46. The fourth-order valence-electron chi connectivity index (χ4n) is 10.1.